The van der Waals surface area contributed by atoms with E-state index >= 15 is 0 Å². The Kier molecular flexibility index (Phi) is 4.84. The molecule has 0 N–H and O–H groups in total. The Balaban J connectivity index is 1.85. The van der Waals surface area contributed by atoms with Crippen LogP contribution in [0.1, 0.15) is 24.5 Å². The number of aryl methyl sites for hydroxylation is 1. The summed E-state index contributed by atoms with van der Waals surface area (Å²) in [7, 11) is 0. The van der Waals surface area contributed by atoms with E-state index in [0.717, 1.165) is 37.0 Å². The molecule has 5 heteroatoms. The Labute approximate surface area is 143 Å². The van der Waals surface area contributed by atoms with Crippen LogP contribution in [-0.2, 0) is 12.8 Å². The fourth-order valence-electron chi connectivity index (χ4n) is 3.29. The molecule has 0 bridgehead atoms. The highest BCUT2D eigenvalue weighted by Gasteiger charge is 2.32. The molecule has 1 aliphatic rings. The van der Waals surface area contributed by atoms with Gasteiger partial charge in [-0.2, -0.15) is 0 Å². The summed E-state index contributed by atoms with van der Waals surface area (Å²) in [5.74, 6) is -1.30. The maximum Gasteiger partial charge on any atom is 0.573 e. The van der Waals surface area contributed by atoms with Crippen LogP contribution in [0.25, 0.3) is 11.1 Å². The summed E-state index contributed by atoms with van der Waals surface area (Å²) in [6.45, 7) is 2.01. The first kappa shape index (κ1) is 17.5. The Morgan fingerprint density at radius 3 is 2.44 bits per heavy atom. The van der Waals surface area contributed by atoms with Gasteiger partial charge in [-0.15, -0.1) is 13.2 Å². The van der Waals surface area contributed by atoms with Gasteiger partial charge in [-0.1, -0.05) is 36.4 Å². The van der Waals surface area contributed by atoms with Crippen molar-refractivity contribution in [1.82, 2.24) is 0 Å². The van der Waals surface area contributed by atoms with E-state index in [1.54, 1.807) is 0 Å². The highest BCUT2D eigenvalue weighted by molar-refractivity contribution is 5.66. The van der Waals surface area contributed by atoms with Gasteiger partial charge in [-0.05, 0) is 66.5 Å². The zero-order valence-corrected chi connectivity index (χ0v) is 13.7. The first-order valence-electron chi connectivity index (χ1n) is 8.16. The van der Waals surface area contributed by atoms with E-state index in [1.165, 1.54) is 17.2 Å². The Morgan fingerprint density at radius 2 is 1.76 bits per heavy atom. The van der Waals surface area contributed by atoms with Crippen LogP contribution in [0.5, 0.6) is 5.75 Å². The molecule has 0 heterocycles. The van der Waals surface area contributed by atoms with E-state index in [0.29, 0.717) is 11.5 Å². The summed E-state index contributed by atoms with van der Waals surface area (Å²) in [4.78, 5) is 0. The van der Waals surface area contributed by atoms with Gasteiger partial charge in [0.05, 0.1) is 0 Å². The molecule has 0 saturated heterocycles. The lowest BCUT2D eigenvalue weighted by Gasteiger charge is -2.23. The van der Waals surface area contributed by atoms with Gasteiger partial charge in [0.1, 0.15) is 0 Å². The second-order valence-electron chi connectivity index (χ2n) is 6.21. The highest BCUT2D eigenvalue weighted by atomic mass is 19.4. The molecule has 132 valence electrons. The Bertz CT molecular complexity index is 793. The fourth-order valence-corrected chi connectivity index (χ4v) is 3.29. The SMILES string of the molecule is C/C=C/C1CCc2cc(-c3ccc(OC(F)(F)F)c(F)c3)ccc2C1. The summed E-state index contributed by atoms with van der Waals surface area (Å²) in [5, 5.41) is 0. The van der Waals surface area contributed by atoms with Crippen LogP contribution in [0.3, 0.4) is 0 Å². The van der Waals surface area contributed by atoms with Gasteiger partial charge >= 0.3 is 6.36 Å². The number of ether oxygens (including phenoxy) is 1. The third kappa shape index (κ3) is 4.21. The van der Waals surface area contributed by atoms with Crippen LogP contribution in [0, 0.1) is 11.7 Å². The predicted octanol–water partition coefficient (Wildman–Crippen LogP) is 6.07. The minimum atomic E-state index is -4.91. The average Bonchev–Trinajstić information content (AvgIpc) is 2.55. The Hall–Kier alpha value is -2.30. The maximum absolute atomic E-state index is 13.9. The maximum atomic E-state index is 13.9. The lowest BCUT2D eigenvalue weighted by atomic mass is 9.82. The van der Waals surface area contributed by atoms with Crippen LogP contribution >= 0.6 is 0 Å². The van der Waals surface area contributed by atoms with Crippen LogP contribution < -0.4 is 4.74 Å². The molecular weight excluding hydrogens is 332 g/mol. The molecule has 1 aliphatic carbocycles. The average molecular weight is 350 g/mol. The van der Waals surface area contributed by atoms with Crippen LogP contribution in [0.2, 0.25) is 0 Å². The van der Waals surface area contributed by atoms with Crippen LogP contribution in [-0.4, -0.2) is 6.36 Å². The number of hydrogen-bond acceptors (Lipinski definition) is 1. The van der Waals surface area contributed by atoms with Crippen molar-refractivity contribution in [2.75, 3.05) is 0 Å². The van der Waals surface area contributed by atoms with E-state index < -0.39 is 17.9 Å². The summed E-state index contributed by atoms with van der Waals surface area (Å²) in [6.07, 6.45) is 2.36. The molecule has 1 nitrogen and oxygen atoms in total. The number of allylic oxidation sites excluding steroid dienone is 2. The molecule has 0 radical (unpaired) electrons. The van der Waals surface area contributed by atoms with Crippen molar-refractivity contribution in [1.29, 1.82) is 0 Å². The van der Waals surface area contributed by atoms with Gasteiger partial charge in [-0.3, -0.25) is 0 Å². The van der Waals surface area contributed by atoms with Crippen LogP contribution in [0.4, 0.5) is 17.6 Å². The molecule has 0 amide bonds. The Morgan fingerprint density at radius 1 is 1.04 bits per heavy atom. The number of halogens is 4. The molecule has 1 atom stereocenters. The van der Waals surface area contributed by atoms with Gasteiger partial charge in [0.15, 0.2) is 11.6 Å². The van der Waals surface area contributed by atoms with Crippen molar-refractivity contribution in [3.8, 4) is 16.9 Å². The molecule has 0 fully saturated rings. The quantitative estimate of drug-likeness (QED) is 0.482. The molecule has 0 spiro atoms. The molecule has 3 rings (SSSR count). The smallest absolute Gasteiger partial charge is 0.403 e. The summed E-state index contributed by atoms with van der Waals surface area (Å²) < 4.78 is 54.3. The van der Waals surface area contributed by atoms with Gasteiger partial charge < -0.3 is 4.74 Å². The predicted molar refractivity (Wildman–Crippen MR) is 88.8 cm³/mol. The van der Waals surface area contributed by atoms with Gasteiger partial charge in [0.25, 0.3) is 0 Å². The monoisotopic (exact) mass is 350 g/mol. The van der Waals surface area contributed by atoms with E-state index in [1.807, 2.05) is 25.1 Å². The number of benzene rings is 2. The molecular formula is C20H18F4O. The van der Waals surface area contributed by atoms with Crippen molar-refractivity contribution >= 4 is 0 Å². The van der Waals surface area contributed by atoms with Crippen molar-refractivity contribution in [3.05, 3.63) is 65.5 Å². The lowest BCUT2D eigenvalue weighted by molar-refractivity contribution is -0.275. The molecule has 0 aromatic heterocycles. The number of fused-ring (bicyclic) bond motifs is 1. The lowest BCUT2D eigenvalue weighted by Crippen LogP contribution is -2.17. The van der Waals surface area contributed by atoms with Crippen LogP contribution in [0.15, 0.2) is 48.6 Å². The molecule has 2 aromatic rings. The zero-order valence-electron chi connectivity index (χ0n) is 13.7. The van der Waals surface area contributed by atoms with Gasteiger partial charge in [-0.25, -0.2) is 4.39 Å². The highest BCUT2D eigenvalue weighted by Crippen LogP contribution is 2.33. The van der Waals surface area contributed by atoms with E-state index in [9.17, 15) is 17.6 Å². The van der Waals surface area contributed by atoms with Crippen molar-refractivity contribution in [2.24, 2.45) is 5.92 Å². The summed E-state index contributed by atoms with van der Waals surface area (Å²) in [6, 6.07) is 9.44. The molecule has 1 unspecified atom stereocenters. The minimum absolute atomic E-state index is 0.533. The molecule has 0 saturated carbocycles. The normalized spacial score (nSPS) is 17.6. The fraction of sp³-hybridized carbons (Fsp3) is 0.300. The second-order valence-corrected chi connectivity index (χ2v) is 6.21. The topological polar surface area (TPSA) is 9.23 Å². The second kappa shape index (κ2) is 6.90. The summed E-state index contributed by atoms with van der Waals surface area (Å²) in [5.41, 5.74) is 3.82. The van der Waals surface area contributed by atoms with Gasteiger partial charge in [0, 0.05) is 0 Å². The summed E-state index contributed by atoms with van der Waals surface area (Å²) >= 11 is 0. The number of hydrogen-bond donors (Lipinski definition) is 0. The first-order valence-corrected chi connectivity index (χ1v) is 8.16. The first-order chi connectivity index (χ1) is 11.9. The third-order valence-electron chi connectivity index (χ3n) is 4.43. The largest absolute Gasteiger partial charge is 0.573 e. The standard InChI is InChI=1S/C20H18F4O/c1-2-3-13-4-5-15-11-16(7-6-14(15)10-13)17-8-9-19(18(21)12-17)25-20(22,23)24/h2-3,6-9,11-13H,4-5,10H2,1H3/b3-2+. The van der Waals surface area contributed by atoms with Crippen molar-refractivity contribution in [2.45, 2.75) is 32.5 Å². The number of rotatable bonds is 3. The molecule has 25 heavy (non-hydrogen) atoms. The third-order valence-corrected chi connectivity index (χ3v) is 4.43. The number of alkyl halides is 3. The molecule has 2 aromatic carbocycles. The zero-order chi connectivity index (χ0) is 18.0. The van der Waals surface area contributed by atoms with E-state index in [4.69, 9.17) is 0 Å². The van der Waals surface area contributed by atoms with E-state index in [-0.39, 0.29) is 0 Å². The molecule has 0 aliphatic heterocycles. The van der Waals surface area contributed by atoms with Gasteiger partial charge in [0.2, 0.25) is 0 Å². The van der Waals surface area contributed by atoms with Crippen molar-refractivity contribution < 1.29 is 22.3 Å². The van der Waals surface area contributed by atoms with E-state index in [2.05, 4.69) is 16.9 Å². The van der Waals surface area contributed by atoms with Crippen molar-refractivity contribution in [3.63, 3.8) is 0 Å². The minimum Gasteiger partial charge on any atom is -0.403 e.